The van der Waals surface area contributed by atoms with Gasteiger partial charge in [0.2, 0.25) is 0 Å². The van der Waals surface area contributed by atoms with Crippen LogP contribution in [0.2, 0.25) is 0 Å². The maximum Gasteiger partial charge on any atom is 0.0125 e. The zero-order valence-corrected chi connectivity index (χ0v) is 10.6. The first-order chi connectivity index (χ1) is 7.14. The average Bonchev–Trinajstić information content (AvgIpc) is 2.19. The highest BCUT2D eigenvalue weighted by molar-refractivity contribution is 4.77. The first-order valence-corrected chi connectivity index (χ1v) is 6.32. The van der Waals surface area contributed by atoms with E-state index in [4.69, 9.17) is 0 Å². The molecule has 3 heteroatoms. The Morgan fingerprint density at radius 3 is 2.53 bits per heavy atom. The van der Waals surface area contributed by atoms with Crippen LogP contribution in [0.5, 0.6) is 0 Å². The number of rotatable bonds is 6. The highest BCUT2D eigenvalue weighted by Gasteiger charge is 2.16. The molecule has 0 atom stereocenters. The van der Waals surface area contributed by atoms with Crippen LogP contribution in [-0.2, 0) is 0 Å². The lowest BCUT2D eigenvalue weighted by Gasteiger charge is -2.30. The first kappa shape index (κ1) is 12.9. The summed E-state index contributed by atoms with van der Waals surface area (Å²) in [5.74, 6) is 0. The lowest BCUT2D eigenvalue weighted by atomic mass is 9.99. The van der Waals surface area contributed by atoms with Crippen molar-refractivity contribution in [1.29, 1.82) is 0 Å². The molecule has 0 radical (unpaired) electrons. The third-order valence-corrected chi connectivity index (χ3v) is 3.12. The van der Waals surface area contributed by atoms with Gasteiger partial charge in [0.1, 0.15) is 0 Å². The summed E-state index contributed by atoms with van der Waals surface area (Å²) >= 11 is 0. The third kappa shape index (κ3) is 5.50. The van der Waals surface area contributed by atoms with Gasteiger partial charge in [0.25, 0.3) is 0 Å². The van der Waals surface area contributed by atoms with E-state index in [9.17, 15) is 0 Å². The monoisotopic (exact) mass is 213 g/mol. The van der Waals surface area contributed by atoms with Crippen molar-refractivity contribution in [3.8, 4) is 0 Å². The summed E-state index contributed by atoms with van der Waals surface area (Å²) in [6, 6.07) is 0. The largest absolute Gasteiger partial charge is 0.314 e. The lowest BCUT2D eigenvalue weighted by Crippen LogP contribution is -2.48. The van der Waals surface area contributed by atoms with Crippen LogP contribution < -0.4 is 10.6 Å². The van der Waals surface area contributed by atoms with Gasteiger partial charge in [-0.05, 0) is 20.3 Å². The van der Waals surface area contributed by atoms with Crippen LogP contribution in [0.15, 0.2) is 0 Å². The molecule has 1 rings (SSSR count). The summed E-state index contributed by atoms with van der Waals surface area (Å²) in [7, 11) is 0. The Morgan fingerprint density at radius 2 is 1.93 bits per heavy atom. The second-order valence-electron chi connectivity index (χ2n) is 5.15. The van der Waals surface area contributed by atoms with E-state index in [-0.39, 0.29) is 0 Å². The zero-order chi connectivity index (χ0) is 11.1. The minimum absolute atomic E-state index is 0.308. The zero-order valence-electron chi connectivity index (χ0n) is 10.6. The molecule has 1 aliphatic rings. The van der Waals surface area contributed by atoms with E-state index in [1.807, 2.05) is 0 Å². The van der Waals surface area contributed by atoms with Gasteiger partial charge in [-0.15, -0.1) is 0 Å². The Morgan fingerprint density at radius 1 is 1.27 bits per heavy atom. The molecule has 0 spiro atoms. The van der Waals surface area contributed by atoms with Gasteiger partial charge >= 0.3 is 0 Å². The van der Waals surface area contributed by atoms with Gasteiger partial charge in [0, 0.05) is 44.8 Å². The molecule has 0 aromatic heterocycles. The van der Waals surface area contributed by atoms with Crippen molar-refractivity contribution in [1.82, 2.24) is 15.5 Å². The van der Waals surface area contributed by atoms with Crippen LogP contribution >= 0.6 is 0 Å². The first-order valence-electron chi connectivity index (χ1n) is 6.32. The smallest absolute Gasteiger partial charge is 0.0125 e. The molecule has 0 aromatic rings. The predicted octanol–water partition coefficient (Wildman–Crippen LogP) is 1.06. The fraction of sp³-hybridized carbons (Fsp3) is 1.00. The van der Waals surface area contributed by atoms with E-state index in [0.29, 0.717) is 5.54 Å². The average molecular weight is 213 g/mol. The number of nitrogens with one attached hydrogen (secondary N) is 2. The van der Waals surface area contributed by atoms with Crippen molar-refractivity contribution in [3.05, 3.63) is 0 Å². The molecule has 3 nitrogen and oxygen atoms in total. The minimum atomic E-state index is 0.308. The molecule has 1 heterocycles. The molecular weight excluding hydrogens is 186 g/mol. The number of piperazine rings is 1. The molecule has 15 heavy (non-hydrogen) atoms. The molecule has 0 unspecified atom stereocenters. The lowest BCUT2D eigenvalue weighted by molar-refractivity contribution is 0.228. The Kier molecular flexibility index (Phi) is 5.58. The summed E-state index contributed by atoms with van der Waals surface area (Å²) in [4.78, 5) is 2.53. The molecule has 1 saturated heterocycles. The Bertz CT molecular complexity index is 162. The van der Waals surface area contributed by atoms with E-state index in [0.717, 1.165) is 19.6 Å². The van der Waals surface area contributed by atoms with Gasteiger partial charge in [-0.1, -0.05) is 13.3 Å². The van der Waals surface area contributed by atoms with E-state index >= 15 is 0 Å². The van der Waals surface area contributed by atoms with E-state index in [2.05, 4.69) is 36.3 Å². The van der Waals surface area contributed by atoms with Crippen molar-refractivity contribution in [2.45, 2.75) is 39.2 Å². The third-order valence-electron chi connectivity index (χ3n) is 3.12. The summed E-state index contributed by atoms with van der Waals surface area (Å²) in [6.45, 7) is 13.9. The second kappa shape index (κ2) is 6.46. The van der Waals surface area contributed by atoms with Crippen LogP contribution in [-0.4, -0.2) is 49.7 Å². The molecule has 90 valence electrons. The van der Waals surface area contributed by atoms with Gasteiger partial charge < -0.3 is 10.6 Å². The SMILES string of the molecule is CCCC(C)(C)NCCN1CCNCC1. The van der Waals surface area contributed by atoms with Crippen molar-refractivity contribution in [3.63, 3.8) is 0 Å². The molecule has 1 aliphatic heterocycles. The normalized spacial score (nSPS) is 19.4. The molecule has 2 N–H and O–H groups in total. The summed E-state index contributed by atoms with van der Waals surface area (Å²) in [6.07, 6.45) is 2.52. The Labute approximate surface area is 94.6 Å². The maximum absolute atomic E-state index is 3.65. The van der Waals surface area contributed by atoms with E-state index < -0.39 is 0 Å². The number of hydrogen-bond donors (Lipinski definition) is 2. The van der Waals surface area contributed by atoms with Gasteiger partial charge in [-0.25, -0.2) is 0 Å². The molecule has 0 amide bonds. The van der Waals surface area contributed by atoms with Gasteiger partial charge in [0.15, 0.2) is 0 Å². The Hall–Kier alpha value is -0.120. The van der Waals surface area contributed by atoms with Crippen molar-refractivity contribution < 1.29 is 0 Å². The van der Waals surface area contributed by atoms with Crippen LogP contribution in [0, 0.1) is 0 Å². The van der Waals surface area contributed by atoms with Gasteiger partial charge in [0.05, 0.1) is 0 Å². The summed E-state index contributed by atoms with van der Waals surface area (Å²) < 4.78 is 0. The molecule has 0 saturated carbocycles. The topological polar surface area (TPSA) is 27.3 Å². The van der Waals surface area contributed by atoms with Gasteiger partial charge in [-0.3, -0.25) is 4.90 Å². The maximum atomic E-state index is 3.65. The van der Waals surface area contributed by atoms with Crippen LogP contribution in [0.25, 0.3) is 0 Å². The van der Waals surface area contributed by atoms with E-state index in [1.165, 1.54) is 32.5 Å². The summed E-state index contributed by atoms with van der Waals surface area (Å²) in [5.41, 5.74) is 0.308. The predicted molar refractivity (Wildman–Crippen MR) is 66.3 cm³/mol. The highest BCUT2D eigenvalue weighted by Crippen LogP contribution is 2.09. The van der Waals surface area contributed by atoms with Gasteiger partial charge in [-0.2, -0.15) is 0 Å². The van der Waals surface area contributed by atoms with Crippen LogP contribution in [0.1, 0.15) is 33.6 Å². The Balaban J connectivity index is 2.09. The van der Waals surface area contributed by atoms with Crippen molar-refractivity contribution in [2.24, 2.45) is 0 Å². The number of hydrogen-bond acceptors (Lipinski definition) is 3. The molecular formula is C12H27N3. The van der Waals surface area contributed by atoms with Crippen molar-refractivity contribution in [2.75, 3.05) is 39.3 Å². The minimum Gasteiger partial charge on any atom is -0.314 e. The number of nitrogens with zero attached hydrogens (tertiary/aromatic N) is 1. The molecule has 0 bridgehead atoms. The second-order valence-corrected chi connectivity index (χ2v) is 5.15. The fourth-order valence-electron chi connectivity index (χ4n) is 2.20. The summed E-state index contributed by atoms with van der Waals surface area (Å²) in [5, 5.41) is 7.02. The quantitative estimate of drug-likeness (QED) is 0.691. The fourth-order valence-corrected chi connectivity index (χ4v) is 2.20. The molecule has 0 aromatic carbocycles. The molecule has 0 aliphatic carbocycles. The van der Waals surface area contributed by atoms with Crippen molar-refractivity contribution >= 4 is 0 Å². The standard InChI is InChI=1S/C12H27N3/c1-4-5-12(2,3)14-8-11-15-9-6-13-7-10-15/h13-14H,4-11H2,1-3H3. The molecule has 1 fully saturated rings. The van der Waals surface area contributed by atoms with Crippen LogP contribution in [0.3, 0.4) is 0 Å². The van der Waals surface area contributed by atoms with Crippen LogP contribution in [0.4, 0.5) is 0 Å². The van der Waals surface area contributed by atoms with E-state index in [1.54, 1.807) is 0 Å². The highest BCUT2D eigenvalue weighted by atomic mass is 15.2.